The van der Waals surface area contributed by atoms with Crippen LogP contribution in [0.15, 0.2) is 30.3 Å². The SMILES string of the molecule is COc1cccc(Oc2cc(C)cc(C)c2C)c1C(C)O. The number of aliphatic hydroxyl groups is 1. The Bertz CT molecular complexity index is 645. The van der Waals surface area contributed by atoms with Gasteiger partial charge in [-0.2, -0.15) is 0 Å². The summed E-state index contributed by atoms with van der Waals surface area (Å²) in [4.78, 5) is 0. The largest absolute Gasteiger partial charge is 0.496 e. The van der Waals surface area contributed by atoms with Crippen molar-refractivity contribution in [1.29, 1.82) is 0 Å². The van der Waals surface area contributed by atoms with Gasteiger partial charge in [0, 0.05) is 0 Å². The molecular formula is C18H22O3. The second kappa shape index (κ2) is 6.19. The van der Waals surface area contributed by atoms with Crippen molar-refractivity contribution in [3.8, 4) is 17.2 Å². The lowest BCUT2D eigenvalue weighted by molar-refractivity contribution is 0.190. The summed E-state index contributed by atoms with van der Waals surface area (Å²) in [5, 5.41) is 10.0. The van der Waals surface area contributed by atoms with Gasteiger partial charge in [0.1, 0.15) is 17.2 Å². The fourth-order valence-corrected chi connectivity index (χ4v) is 2.43. The minimum atomic E-state index is -0.664. The highest BCUT2D eigenvalue weighted by Crippen LogP contribution is 2.37. The molecule has 3 heteroatoms. The van der Waals surface area contributed by atoms with E-state index in [0.717, 1.165) is 16.9 Å². The fraction of sp³-hybridized carbons (Fsp3) is 0.333. The van der Waals surface area contributed by atoms with E-state index in [0.29, 0.717) is 17.1 Å². The lowest BCUT2D eigenvalue weighted by Crippen LogP contribution is -2.01. The molecule has 1 atom stereocenters. The van der Waals surface area contributed by atoms with Crippen molar-refractivity contribution in [2.75, 3.05) is 7.11 Å². The molecule has 0 amide bonds. The molecule has 0 saturated carbocycles. The predicted octanol–water partition coefficient (Wildman–Crippen LogP) is 4.47. The fourth-order valence-electron chi connectivity index (χ4n) is 2.43. The Morgan fingerprint density at radius 1 is 1.00 bits per heavy atom. The lowest BCUT2D eigenvalue weighted by atomic mass is 10.1. The number of hydrogen-bond acceptors (Lipinski definition) is 3. The third-order valence-corrected chi connectivity index (χ3v) is 3.65. The number of benzene rings is 2. The second-order valence-corrected chi connectivity index (χ2v) is 5.36. The van der Waals surface area contributed by atoms with Crippen molar-refractivity contribution in [2.24, 2.45) is 0 Å². The van der Waals surface area contributed by atoms with E-state index < -0.39 is 6.10 Å². The van der Waals surface area contributed by atoms with Gasteiger partial charge in [-0.3, -0.25) is 0 Å². The van der Waals surface area contributed by atoms with Crippen LogP contribution < -0.4 is 9.47 Å². The highest BCUT2D eigenvalue weighted by atomic mass is 16.5. The maximum atomic E-state index is 10.0. The van der Waals surface area contributed by atoms with Crippen LogP contribution >= 0.6 is 0 Å². The Morgan fingerprint density at radius 2 is 1.67 bits per heavy atom. The van der Waals surface area contributed by atoms with E-state index in [1.807, 2.05) is 38.1 Å². The summed E-state index contributed by atoms with van der Waals surface area (Å²) in [5.41, 5.74) is 4.10. The van der Waals surface area contributed by atoms with Crippen molar-refractivity contribution in [3.63, 3.8) is 0 Å². The molecule has 112 valence electrons. The van der Waals surface area contributed by atoms with E-state index in [9.17, 15) is 5.11 Å². The van der Waals surface area contributed by atoms with Crippen molar-refractivity contribution in [3.05, 3.63) is 52.6 Å². The summed E-state index contributed by atoms with van der Waals surface area (Å²) in [6.07, 6.45) is -0.664. The number of methoxy groups -OCH3 is 1. The average molecular weight is 286 g/mol. The Morgan fingerprint density at radius 3 is 2.29 bits per heavy atom. The zero-order valence-electron chi connectivity index (χ0n) is 13.2. The normalized spacial score (nSPS) is 12.1. The van der Waals surface area contributed by atoms with Gasteiger partial charge in [-0.25, -0.2) is 0 Å². The van der Waals surface area contributed by atoms with Crippen LogP contribution in [0.25, 0.3) is 0 Å². The zero-order valence-corrected chi connectivity index (χ0v) is 13.2. The van der Waals surface area contributed by atoms with E-state index in [4.69, 9.17) is 9.47 Å². The number of rotatable bonds is 4. The summed E-state index contributed by atoms with van der Waals surface area (Å²) in [7, 11) is 1.59. The quantitative estimate of drug-likeness (QED) is 0.901. The molecule has 21 heavy (non-hydrogen) atoms. The molecule has 0 fully saturated rings. The third-order valence-electron chi connectivity index (χ3n) is 3.65. The van der Waals surface area contributed by atoms with E-state index in [2.05, 4.69) is 13.0 Å². The number of ether oxygens (including phenoxy) is 2. The maximum Gasteiger partial charge on any atom is 0.136 e. The van der Waals surface area contributed by atoms with Gasteiger partial charge in [0.25, 0.3) is 0 Å². The van der Waals surface area contributed by atoms with Crippen molar-refractivity contribution in [1.82, 2.24) is 0 Å². The van der Waals surface area contributed by atoms with Gasteiger partial charge in [-0.15, -0.1) is 0 Å². The summed E-state index contributed by atoms with van der Waals surface area (Å²) < 4.78 is 11.4. The number of aryl methyl sites for hydroxylation is 2. The van der Waals surface area contributed by atoms with Gasteiger partial charge in [0.05, 0.1) is 18.8 Å². The van der Waals surface area contributed by atoms with E-state index in [1.54, 1.807) is 14.0 Å². The standard InChI is InChI=1S/C18H22O3/c1-11-9-12(2)13(3)17(10-11)21-16-8-6-7-15(20-5)18(16)14(4)19/h6-10,14,19H,1-5H3. The first kappa shape index (κ1) is 15.4. The Balaban J connectivity index is 2.50. The van der Waals surface area contributed by atoms with Crippen LogP contribution in [-0.2, 0) is 0 Å². The van der Waals surface area contributed by atoms with E-state index in [-0.39, 0.29) is 0 Å². The molecule has 2 aromatic carbocycles. The summed E-state index contributed by atoms with van der Waals surface area (Å²) >= 11 is 0. The van der Waals surface area contributed by atoms with Crippen molar-refractivity contribution >= 4 is 0 Å². The molecule has 1 N–H and O–H groups in total. The van der Waals surface area contributed by atoms with Crippen molar-refractivity contribution < 1.29 is 14.6 Å². The molecule has 0 spiro atoms. The highest BCUT2D eigenvalue weighted by Gasteiger charge is 2.17. The molecule has 2 rings (SSSR count). The number of hydrogen-bond donors (Lipinski definition) is 1. The van der Waals surface area contributed by atoms with Crippen LogP contribution in [0.5, 0.6) is 17.2 Å². The minimum absolute atomic E-state index is 0.623. The average Bonchev–Trinajstić information content (AvgIpc) is 2.43. The molecule has 0 aliphatic heterocycles. The molecule has 0 radical (unpaired) electrons. The molecule has 0 heterocycles. The zero-order chi connectivity index (χ0) is 15.6. The van der Waals surface area contributed by atoms with Gasteiger partial charge in [-0.1, -0.05) is 12.1 Å². The van der Waals surface area contributed by atoms with Crippen LogP contribution in [0.2, 0.25) is 0 Å². The Kier molecular flexibility index (Phi) is 4.53. The molecule has 0 aromatic heterocycles. The van der Waals surface area contributed by atoms with Gasteiger partial charge < -0.3 is 14.6 Å². The molecule has 1 unspecified atom stereocenters. The van der Waals surface area contributed by atoms with Crippen LogP contribution in [0, 0.1) is 20.8 Å². The van der Waals surface area contributed by atoms with E-state index in [1.165, 1.54) is 5.56 Å². The third kappa shape index (κ3) is 3.19. The van der Waals surface area contributed by atoms with Gasteiger partial charge in [0.15, 0.2) is 0 Å². The smallest absolute Gasteiger partial charge is 0.136 e. The molecule has 3 nitrogen and oxygen atoms in total. The predicted molar refractivity (Wildman–Crippen MR) is 84.4 cm³/mol. The Hall–Kier alpha value is -2.00. The maximum absolute atomic E-state index is 10.0. The number of aliphatic hydroxyl groups excluding tert-OH is 1. The topological polar surface area (TPSA) is 38.7 Å². The Labute approximate surface area is 126 Å². The second-order valence-electron chi connectivity index (χ2n) is 5.36. The van der Waals surface area contributed by atoms with Crippen LogP contribution in [-0.4, -0.2) is 12.2 Å². The molecule has 0 bridgehead atoms. The monoisotopic (exact) mass is 286 g/mol. The van der Waals surface area contributed by atoms with Gasteiger partial charge in [0.2, 0.25) is 0 Å². The van der Waals surface area contributed by atoms with Crippen molar-refractivity contribution in [2.45, 2.75) is 33.8 Å². The molecule has 0 saturated heterocycles. The van der Waals surface area contributed by atoms with Crippen LogP contribution in [0.3, 0.4) is 0 Å². The molecule has 0 aliphatic rings. The first-order valence-corrected chi connectivity index (χ1v) is 7.04. The summed E-state index contributed by atoms with van der Waals surface area (Å²) in [6, 6.07) is 9.67. The van der Waals surface area contributed by atoms with Gasteiger partial charge >= 0.3 is 0 Å². The van der Waals surface area contributed by atoms with E-state index >= 15 is 0 Å². The van der Waals surface area contributed by atoms with Crippen LogP contribution in [0.4, 0.5) is 0 Å². The first-order valence-electron chi connectivity index (χ1n) is 7.04. The minimum Gasteiger partial charge on any atom is -0.496 e. The molecule has 0 aliphatic carbocycles. The first-order chi connectivity index (χ1) is 9.93. The van der Waals surface area contributed by atoms with Crippen LogP contribution in [0.1, 0.15) is 35.3 Å². The lowest BCUT2D eigenvalue weighted by Gasteiger charge is -2.18. The molecule has 2 aromatic rings. The van der Waals surface area contributed by atoms with Gasteiger partial charge in [-0.05, 0) is 62.6 Å². The summed E-state index contributed by atoms with van der Waals surface area (Å²) in [6.45, 7) is 7.85. The summed E-state index contributed by atoms with van der Waals surface area (Å²) in [5.74, 6) is 2.06. The molecular weight excluding hydrogens is 264 g/mol. The highest BCUT2D eigenvalue weighted by molar-refractivity contribution is 5.50.